The number of rotatable bonds is 3. The first kappa shape index (κ1) is 9.05. The minimum Gasteiger partial charge on any atom is -0.466 e. The monoisotopic (exact) mass is 170 g/mol. The van der Waals surface area contributed by atoms with Crippen LogP contribution in [0.1, 0.15) is 13.3 Å². The van der Waals surface area contributed by atoms with Crippen LogP contribution in [-0.2, 0) is 9.53 Å². The zero-order valence-electron chi connectivity index (χ0n) is 5.06. The first-order valence-corrected chi connectivity index (χ1v) is 3.41. The summed E-state index contributed by atoms with van der Waals surface area (Å²) in [6, 6.07) is 0. The lowest BCUT2D eigenvalue weighted by Crippen LogP contribution is -2.03. The average molecular weight is 171 g/mol. The van der Waals surface area contributed by atoms with Crippen LogP contribution in [0, 0.1) is 0 Å². The van der Waals surface area contributed by atoms with E-state index >= 15 is 0 Å². The smallest absolute Gasteiger partial charge is 0.302 e. The van der Waals surface area contributed by atoms with Gasteiger partial charge in [0.2, 0.25) is 0 Å². The molecule has 2 nitrogen and oxygen atoms in total. The highest BCUT2D eigenvalue weighted by Crippen LogP contribution is 2.05. The second kappa shape index (κ2) is 4.89. The summed E-state index contributed by atoms with van der Waals surface area (Å²) in [5.41, 5.74) is 0. The lowest BCUT2D eigenvalue weighted by molar-refractivity contribution is -0.140. The van der Waals surface area contributed by atoms with E-state index in [-0.39, 0.29) is 5.97 Å². The minimum absolute atomic E-state index is 0.299. The van der Waals surface area contributed by atoms with Crippen molar-refractivity contribution in [3.05, 3.63) is 0 Å². The van der Waals surface area contributed by atoms with Gasteiger partial charge in [-0.25, -0.2) is 0 Å². The van der Waals surface area contributed by atoms with Gasteiger partial charge in [-0.2, -0.15) is 0 Å². The van der Waals surface area contributed by atoms with Crippen molar-refractivity contribution in [3.63, 3.8) is 0 Å². The third-order valence-electron chi connectivity index (χ3n) is 0.641. The normalized spacial score (nSPS) is 9.78. The zero-order chi connectivity index (χ0) is 7.28. The van der Waals surface area contributed by atoms with Crippen LogP contribution in [0.5, 0.6) is 0 Å². The first-order valence-electron chi connectivity index (χ1n) is 2.54. The van der Waals surface area contributed by atoms with E-state index in [1.54, 1.807) is 0 Å². The number of hydrogen-bond donors (Lipinski definition) is 0. The Labute approximate surface area is 64.1 Å². The van der Waals surface area contributed by atoms with Crippen molar-refractivity contribution in [2.75, 3.05) is 6.61 Å². The number of halogens is 2. The molecule has 0 aliphatic heterocycles. The second-order valence-corrected chi connectivity index (χ2v) is 2.80. The molecule has 4 heteroatoms. The molecule has 0 saturated carbocycles. The highest BCUT2D eigenvalue weighted by atomic mass is 35.5. The van der Waals surface area contributed by atoms with E-state index in [0.29, 0.717) is 13.0 Å². The fraction of sp³-hybridized carbons (Fsp3) is 0.800. The van der Waals surface area contributed by atoms with Gasteiger partial charge in [0.25, 0.3) is 0 Å². The predicted molar refractivity (Wildman–Crippen MR) is 36.7 cm³/mol. The van der Waals surface area contributed by atoms with Gasteiger partial charge in [-0.05, 0) is 0 Å². The molecule has 0 rings (SSSR count). The Balaban J connectivity index is 3.01. The lowest BCUT2D eigenvalue weighted by atomic mass is 10.5. The Bertz CT molecular complexity index is 93.0. The van der Waals surface area contributed by atoms with Gasteiger partial charge >= 0.3 is 5.97 Å². The molecule has 0 aliphatic carbocycles. The van der Waals surface area contributed by atoms with Crippen molar-refractivity contribution in [1.29, 1.82) is 0 Å². The molecule has 0 atom stereocenters. The fourth-order valence-electron chi connectivity index (χ4n) is 0.292. The van der Waals surface area contributed by atoms with Crippen molar-refractivity contribution in [2.24, 2.45) is 0 Å². The van der Waals surface area contributed by atoms with Crippen LogP contribution in [0.3, 0.4) is 0 Å². The second-order valence-electron chi connectivity index (χ2n) is 1.52. The van der Waals surface area contributed by atoms with E-state index in [1.165, 1.54) is 6.92 Å². The molecule has 0 aromatic carbocycles. The van der Waals surface area contributed by atoms with Crippen LogP contribution in [0.25, 0.3) is 0 Å². The van der Waals surface area contributed by atoms with Crippen molar-refractivity contribution >= 4 is 29.2 Å². The molecule has 0 aromatic rings. The van der Waals surface area contributed by atoms with E-state index in [0.717, 1.165) is 0 Å². The van der Waals surface area contributed by atoms with Crippen molar-refractivity contribution in [3.8, 4) is 0 Å². The summed E-state index contributed by atoms with van der Waals surface area (Å²) in [5, 5.41) is 0. The standard InChI is InChI=1S/C5H8Cl2O2/c1-4(8)9-3-2-5(6)7/h5H,2-3H2,1H3. The molecular formula is C5H8Cl2O2. The molecular weight excluding hydrogens is 163 g/mol. The molecule has 0 unspecified atom stereocenters. The van der Waals surface area contributed by atoms with Crippen molar-refractivity contribution in [1.82, 2.24) is 0 Å². The van der Waals surface area contributed by atoms with E-state index in [9.17, 15) is 4.79 Å². The van der Waals surface area contributed by atoms with Crippen LogP contribution in [0.2, 0.25) is 0 Å². The topological polar surface area (TPSA) is 26.3 Å². The number of ether oxygens (including phenoxy) is 1. The Hall–Kier alpha value is 0.0500. The fourth-order valence-corrected chi connectivity index (χ4v) is 0.470. The van der Waals surface area contributed by atoms with Gasteiger partial charge in [0.05, 0.1) is 6.61 Å². The molecule has 0 fully saturated rings. The highest BCUT2D eigenvalue weighted by Gasteiger charge is 1.98. The number of carbonyl (C=O) groups excluding carboxylic acids is 1. The highest BCUT2D eigenvalue weighted by molar-refractivity contribution is 6.44. The van der Waals surface area contributed by atoms with Crippen molar-refractivity contribution in [2.45, 2.75) is 18.2 Å². The third-order valence-corrected chi connectivity index (χ3v) is 1.08. The molecule has 0 bridgehead atoms. The lowest BCUT2D eigenvalue weighted by Gasteiger charge is -2.00. The Morgan fingerprint density at radius 1 is 1.67 bits per heavy atom. The summed E-state index contributed by atoms with van der Waals surface area (Å²) < 4.78 is 4.54. The molecule has 0 amide bonds. The quantitative estimate of drug-likeness (QED) is 0.477. The average Bonchev–Trinajstić information content (AvgIpc) is 1.63. The predicted octanol–water partition coefficient (Wildman–Crippen LogP) is 1.74. The minimum atomic E-state index is -0.440. The van der Waals surface area contributed by atoms with Gasteiger partial charge in [-0.1, -0.05) is 0 Å². The van der Waals surface area contributed by atoms with Crippen LogP contribution in [-0.4, -0.2) is 17.4 Å². The Morgan fingerprint density at radius 2 is 2.22 bits per heavy atom. The largest absolute Gasteiger partial charge is 0.466 e. The number of carbonyl (C=O) groups is 1. The number of alkyl halides is 2. The molecule has 0 radical (unpaired) electrons. The van der Waals surface area contributed by atoms with Gasteiger partial charge in [0, 0.05) is 13.3 Å². The summed E-state index contributed by atoms with van der Waals surface area (Å²) in [5.74, 6) is -0.302. The van der Waals surface area contributed by atoms with E-state index in [4.69, 9.17) is 23.2 Å². The summed E-state index contributed by atoms with van der Waals surface area (Å²) >= 11 is 10.7. The maximum Gasteiger partial charge on any atom is 0.302 e. The Kier molecular flexibility index (Phi) is 4.91. The number of esters is 1. The molecule has 0 aromatic heterocycles. The van der Waals surface area contributed by atoms with Gasteiger partial charge in [0.15, 0.2) is 0 Å². The van der Waals surface area contributed by atoms with Crippen molar-refractivity contribution < 1.29 is 9.53 Å². The summed E-state index contributed by atoms with van der Waals surface area (Å²) in [6.07, 6.45) is 0.489. The van der Waals surface area contributed by atoms with Gasteiger partial charge in [-0.3, -0.25) is 4.79 Å². The van der Waals surface area contributed by atoms with Crippen LogP contribution < -0.4 is 0 Å². The third kappa shape index (κ3) is 8.05. The molecule has 0 N–H and O–H groups in total. The van der Waals surface area contributed by atoms with E-state index in [1.807, 2.05) is 0 Å². The molecule has 0 aliphatic rings. The molecule has 0 heterocycles. The summed E-state index contributed by atoms with van der Waals surface area (Å²) in [4.78, 5) is 9.68. The first-order chi connectivity index (χ1) is 4.13. The van der Waals surface area contributed by atoms with E-state index in [2.05, 4.69) is 4.74 Å². The van der Waals surface area contributed by atoms with Gasteiger partial charge in [0.1, 0.15) is 4.84 Å². The SMILES string of the molecule is CC(=O)OCCC(Cl)Cl. The molecule has 9 heavy (non-hydrogen) atoms. The summed E-state index contributed by atoms with van der Waals surface area (Å²) in [7, 11) is 0. The number of hydrogen-bond acceptors (Lipinski definition) is 2. The van der Waals surface area contributed by atoms with Gasteiger partial charge < -0.3 is 4.74 Å². The molecule has 0 spiro atoms. The molecule has 54 valence electrons. The van der Waals surface area contributed by atoms with E-state index < -0.39 is 4.84 Å². The Morgan fingerprint density at radius 3 is 2.56 bits per heavy atom. The zero-order valence-corrected chi connectivity index (χ0v) is 6.58. The maximum absolute atomic E-state index is 10.1. The van der Waals surface area contributed by atoms with Gasteiger partial charge in [-0.15, -0.1) is 23.2 Å². The van der Waals surface area contributed by atoms with Crippen LogP contribution >= 0.6 is 23.2 Å². The van der Waals surface area contributed by atoms with Crippen LogP contribution in [0.15, 0.2) is 0 Å². The van der Waals surface area contributed by atoms with Crippen LogP contribution in [0.4, 0.5) is 0 Å². The summed E-state index contributed by atoms with van der Waals surface area (Å²) in [6.45, 7) is 1.64. The molecule has 0 saturated heterocycles. The maximum atomic E-state index is 10.1.